The van der Waals surface area contributed by atoms with Gasteiger partial charge in [0.2, 0.25) is 10.0 Å². The molecule has 1 saturated carbocycles. The van der Waals surface area contributed by atoms with Crippen molar-refractivity contribution in [1.29, 1.82) is 0 Å². The van der Waals surface area contributed by atoms with Gasteiger partial charge in [0.15, 0.2) is 5.82 Å². The smallest absolute Gasteiger partial charge is 0.243 e. The molecule has 3 N–H and O–H groups in total. The Morgan fingerprint density at radius 1 is 1.32 bits per heavy atom. The number of sulfonamides is 1. The summed E-state index contributed by atoms with van der Waals surface area (Å²) < 4.78 is 40.6. The van der Waals surface area contributed by atoms with Crippen LogP contribution in [0.2, 0.25) is 5.02 Å². The molecule has 2 atom stereocenters. The Bertz CT molecular complexity index is 565. The number of nitrogens with two attached hydrogens (primary N) is 1. The van der Waals surface area contributed by atoms with E-state index >= 15 is 0 Å². The third-order valence-corrected chi connectivity index (χ3v) is 5.13. The van der Waals surface area contributed by atoms with Crippen LogP contribution in [0.3, 0.4) is 0 Å². The first-order valence-electron chi connectivity index (χ1n) is 6.14. The predicted molar refractivity (Wildman–Crippen MR) is 72.0 cm³/mol. The fourth-order valence-electron chi connectivity index (χ4n) is 2.26. The minimum Gasteiger partial charge on any atom is -0.326 e. The van der Waals surface area contributed by atoms with Gasteiger partial charge in [-0.15, -0.1) is 0 Å². The standard InChI is InChI=1S/C12H16ClFN2O2S/c13-8-4-3-7-11(12(8)14)19(17,18)16-10-6-2-1-5-9(10)15/h3-4,7,9-10,16H,1-2,5-6,15H2. The van der Waals surface area contributed by atoms with E-state index in [4.69, 9.17) is 17.3 Å². The van der Waals surface area contributed by atoms with Gasteiger partial charge < -0.3 is 5.73 Å². The van der Waals surface area contributed by atoms with Gasteiger partial charge in [-0.1, -0.05) is 30.5 Å². The quantitative estimate of drug-likeness (QED) is 0.897. The zero-order valence-corrected chi connectivity index (χ0v) is 11.8. The lowest BCUT2D eigenvalue weighted by Gasteiger charge is -2.29. The molecule has 0 aliphatic heterocycles. The van der Waals surface area contributed by atoms with E-state index in [9.17, 15) is 12.8 Å². The first kappa shape index (κ1) is 14.7. The van der Waals surface area contributed by atoms with Gasteiger partial charge in [-0.25, -0.2) is 17.5 Å². The molecule has 19 heavy (non-hydrogen) atoms. The normalized spacial score (nSPS) is 24.4. The number of hydrogen-bond acceptors (Lipinski definition) is 3. The molecule has 0 amide bonds. The van der Waals surface area contributed by atoms with Crippen molar-refractivity contribution >= 4 is 21.6 Å². The third kappa shape index (κ3) is 3.25. The van der Waals surface area contributed by atoms with Gasteiger partial charge in [0.1, 0.15) is 4.90 Å². The van der Waals surface area contributed by atoms with Crippen LogP contribution in [0.4, 0.5) is 4.39 Å². The highest BCUT2D eigenvalue weighted by molar-refractivity contribution is 7.89. The van der Waals surface area contributed by atoms with E-state index in [0.717, 1.165) is 19.3 Å². The van der Waals surface area contributed by atoms with Gasteiger partial charge in [0.05, 0.1) is 5.02 Å². The third-order valence-electron chi connectivity index (χ3n) is 3.33. The molecule has 0 radical (unpaired) electrons. The lowest BCUT2D eigenvalue weighted by Crippen LogP contribution is -2.49. The molecule has 0 bridgehead atoms. The minimum absolute atomic E-state index is 0.212. The van der Waals surface area contributed by atoms with E-state index in [1.165, 1.54) is 18.2 Å². The molecule has 1 fully saturated rings. The largest absolute Gasteiger partial charge is 0.326 e. The number of hydrogen-bond donors (Lipinski definition) is 2. The highest BCUT2D eigenvalue weighted by Gasteiger charge is 2.29. The van der Waals surface area contributed by atoms with Crippen LogP contribution >= 0.6 is 11.6 Å². The topological polar surface area (TPSA) is 72.2 Å². The van der Waals surface area contributed by atoms with Gasteiger partial charge in [-0.3, -0.25) is 0 Å². The Morgan fingerprint density at radius 2 is 2.00 bits per heavy atom. The zero-order chi connectivity index (χ0) is 14.0. The molecule has 0 spiro atoms. The molecular weight excluding hydrogens is 291 g/mol. The summed E-state index contributed by atoms with van der Waals surface area (Å²) in [6, 6.07) is 3.32. The highest BCUT2D eigenvalue weighted by Crippen LogP contribution is 2.24. The number of nitrogens with one attached hydrogen (secondary N) is 1. The summed E-state index contributed by atoms with van der Waals surface area (Å²) in [6.07, 6.45) is 3.34. The van der Waals surface area contributed by atoms with Gasteiger partial charge in [0.25, 0.3) is 0 Å². The summed E-state index contributed by atoms with van der Waals surface area (Å²) in [5, 5.41) is -0.212. The average Bonchev–Trinajstić information content (AvgIpc) is 2.35. The molecule has 2 unspecified atom stereocenters. The molecule has 0 aromatic heterocycles. The van der Waals surface area contributed by atoms with E-state index in [2.05, 4.69) is 4.72 Å². The van der Waals surface area contributed by atoms with Gasteiger partial charge in [0, 0.05) is 12.1 Å². The zero-order valence-electron chi connectivity index (χ0n) is 10.3. The van der Waals surface area contributed by atoms with Crippen molar-refractivity contribution in [2.24, 2.45) is 5.73 Å². The molecule has 4 nitrogen and oxygen atoms in total. The van der Waals surface area contributed by atoms with Crippen LogP contribution in [0, 0.1) is 5.82 Å². The molecule has 1 aliphatic rings. The van der Waals surface area contributed by atoms with Crippen molar-refractivity contribution in [3.8, 4) is 0 Å². The summed E-state index contributed by atoms with van der Waals surface area (Å²) in [4.78, 5) is -0.433. The fraction of sp³-hybridized carbons (Fsp3) is 0.500. The van der Waals surface area contributed by atoms with Crippen LogP contribution in [0.15, 0.2) is 23.1 Å². The Morgan fingerprint density at radius 3 is 2.68 bits per heavy atom. The summed E-state index contributed by atoms with van der Waals surface area (Å²) in [5.74, 6) is -0.930. The summed E-state index contributed by atoms with van der Waals surface area (Å²) in [6.45, 7) is 0. The average molecular weight is 307 g/mol. The van der Waals surface area contributed by atoms with Crippen molar-refractivity contribution in [2.45, 2.75) is 42.7 Å². The molecule has 0 saturated heterocycles. The SMILES string of the molecule is NC1CCCCC1NS(=O)(=O)c1cccc(Cl)c1F. The Kier molecular flexibility index (Phi) is 4.45. The number of rotatable bonds is 3. The number of halogens is 2. The second-order valence-corrected chi connectivity index (χ2v) is 6.82. The van der Waals surface area contributed by atoms with Gasteiger partial charge in [-0.2, -0.15) is 0 Å². The summed E-state index contributed by atoms with van der Waals surface area (Å²) in [7, 11) is -3.94. The Balaban J connectivity index is 2.25. The maximum atomic E-state index is 13.8. The van der Waals surface area contributed by atoms with Crippen molar-refractivity contribution in [1.82, 2.24) is 4.72 Å². The minimum atomic E-state index is -3.94. The van der Waals surface area contributed by atoms with Gasteiger partial charge >= 0.3 is 0 Å². The van der Waals surface area contributed by atoms with Crippen molar-refractivity contribution < 1.29 is 12.8 Å². The first-order chi connectivity index (χ1) is 8.92. The molecule has 106 valence electrons. The van der Waals surface area contributed by atoms with E-state index in [1.807, 2.05) is 0 Å². The molecule has 1 aromatic rings. The lowest BCUT2D eigenvalue weighted by molar-refractivity contribution is 0.360. The predicted octanol–water partition coefficient (Wildman–Crippen LogP) is 2.03. The monoisotopic (exact) mass is 306 g/mol. The maximum absolute atomic E-state index is 13.8. The second kappa shape index (κ2) is 5.75. The van der Waals surface area contributed by atoms with Crippen LogP contribution in [0.1, 0.15) is 25.7 Å². The number of benzene rings is 1. The van der Waals surface area contributed by atoms with Crippen molar-refractivity contribution in [3.63, 3.8) is 0 Å². The second-order valence-electron chi connectivity index (χ2n) is 4.73. The Hall–Kier alpha value is -0.690. The summed E-state index contributed by atoms with van der Waals surface area (Å²) >= 11 is 5.60. The van der Waals surface area contributed by atoms with Crippen LogP contribution in [-0.2, 0) is 10.0 Å². The molecular formula is C12H16ClFN2O2S. The molecule has 1 aliphatic carbocycles. The van der Waals surface area contributed by atoms with E-state index < -0.39 is 20.7 Å². The molecule has 7 heteroatoms. The van der Waals surface area contributed by atoms with Crippen molar-refractivity contribution in [3.05, 3.63) is 29.0 Å². The maximum Gasteiger partial charge on any atom is 0.243 e. The first-order valence-corrected chi connectivity index (χ1v) is 8.00. The molecule has 2 rings (SSSR count). The van der Waals surface area contributed by atoms with Crippen LogP contribution in [0.5, 0.6) is 0 Å². The van der Waals surface area contributed by atoms with Crippen LogP contribution in [-0.4, -0.2) is 20.5 Å². The van der Waals surface area contributed by atoms with Crippen molar-refractivity contribution in [2.75, 3.05) is 0 Å². The Labute approximate surface area is 117 Å². The molecule has 1 aromatic carbocycles. The van der Waals surface area contributed by atoms with E-state index in [1.54, 1.807) is 0 Å². The van der Waals surface area contributed by atoms with E-state index in [0.29, 0.717) is 6.42 Å². The molecule has 0 heterocycles. The van der Waals surface area contributed by atoms with Crippen LogP contribution in [0.25, 0.3) is 0 Å². The van der Waals surface area contributed by atoms with Gasteiger partial charge in [-0.05, 0) is 25.0 Å². The summed E-state index contributed by atoms with van der Waals surface area (Å²) in [5.41, 5.74) is 5.89. The highest BCUT2D eigenvalue weighted by atomic mass is 35.5. The van der Waals surface area contributed by atoms with Crippen LogP contribution < -0.4 is 10.5 Å². The van der Waals surface area contributed by atoms with E-state index in [-0.39, 0.29) is 17.1 Å². The lowest BCUT2D eigenvalue weighted by atomic mass is 9.92. The fourth-order valence-corrected chi connectivity index (χ4v) is 3.91.